The SMILES string of the molecule is COC(=O)[C@H](CC1CCCCC1)NC(=O)OC1CCN(S(C)(=O)=O)CC1. The molecule has 0 aromatic carbocycles. The number of hydrogen-bond acceptors (Lipinski definition) is 6. The van der Waals surface area contributed by atoms with Crippen molar-refractivity contribution in [2.24, 2.45) is 5.92 Å². The number of rotatable bonds is 6. The molecule has 2 aliphatic rings. The number of ether oxygens (including phenoxy) is 2. The minimum atomic E-state index is -3.21. The maximum Gasteiger partial charge on any atom is 0.408 e. The number of piperidine rings is 1. The van der Waals surface area contributed by atoms with Gasteiger partial charge in [-0.3, -0.25) is 0 Å². The summed E-state index contributed by atoms with van der Waals surface area (Å²) in [4.78, 5) is 24.2. The Hall–Kier alpha value is -1.35. The number of hydrogen-bond donors (Lipinski definition) is 1. The summed E-state index contributed by atoms with van der Waals surface area (Å²) in [5.74, 6) is -0.0504. The predicted molar refractivity (Wildman–Crippen MR) is 96.1 cm³/mol. The second kappa shape index (κ2) is 9.55. The molecule has 0 bridgehead atoms. The molecule has 1 N–H and O–H groups in total. The summed E-state index contributed by atoms with van der Waals surface area (Å²) in [5, 5.41) is 2.64. The van der Waals surface area contributed by atoms with Crippen LogP contribution < -0.4 is 5.32 Å². The molecule has 26 heavy (non-hydrogen) atoms. The van der Waals surface area contributed by atoms with Crippen molar-refractivity contribution in [2.45, 2.75) is 63.5 Å². The molecule has 150 valence electrons. The Morgan fingerprint density at radius 1 is 1.12 bits per heavy atom. The zero-order valence-electron chi connectivity index (χ0n) is 15.6. The monoisotopic (exact) mass is 390 g/mol. The van der Waals surface area contributed by atoms with Crippen LogP contribution in [0.5, 0.6) is 0 Å². The van der Waals surface area contributed by atoms with Crippen LogP contribution in [0.15, 0.2) is 0 Å². The van der Waals surface area contributed by atoms with Crippen LogP contribution in [-0.2, 0) is 24.3 Å². The number of nitrogens with one attached hydrogen (secondary N) is 1. The fourth-order valence-electron chi connectivity index (χ4n) is 3.72. The number of esters is 1. The maximum atomic E-state index is 12.2. The molecule has 1 aliphatic carbocycles. The molecule has 1 atom stereocenters. The van der Waals surface area contributed by atoms with Gasteiger partial charge in [0.15, 0.2) is 0 Å². The topological polar surface area (TPSA) is 102 Å². The van der Waals surface area contributed by atoms with Gasteiger partial charge < -0.3 is 14.8 Å². The summed E-state index contributed by atoms with van der Waals surface area (Å²) in [6.45, 7) is 0.665. The standard InChI is InChI=1S/C17H30N2O6S/c1-24-16(20)15(12-13-6-4-3-5-7-13)18-17(21)25-14-8-10-19(11-9-14)26(2,22)23/h13-15H,3-12H2,1-2H3,(H,18,21)/t15-/m0/s1. The van der Waals surface area contributed by atoms with Gasteiger partial charge in [0.1, 0.15) is 12.1 Å². The lowest BCUT2D eigenvalue weighted by Crippen LogP contribution is -2.46. The number of carbonyl (C=O) groups is 2. The third-order valence-electron chi connectivity index (χ3n) is 5.22. The Morgan fingerprint density at radius 2 is 1.73 bits per heavy atom. The van der Waals surface area contributed by atoms with Crippen molar-refractivity contribution in [2.75, 3.05) is 26.5 Å². The van der Waals surface area contributed by atoms with Gasteiger partial charge in [-0.25, -0.2) is 22.3 Å². The Bertz CT molecular complexity index is 580. The highest BCUT2D eigenvalue weighted by Crippen LogP contribution is 2.27. The average molecular weight is 391 g/mol. The van der Waals surface area contributed by atoms with Crippen LogP contribution in [0.1, 0.15) is 51.4 Å². The Morgan fingerprint density at radius 3 is 2.27 bits per heavy atom. The lowest BCUT2D eigenvalue weighted by Gasteiger charge is -2.30. The van der Waals surface area contributed by atoms with Gasteiger partial charge in [0, 0.05) is 13.1 Å². The molecule has 1 saturated heterocycles. The van der Waals surface area contributed by atoms with Crippen LogP contribution in [0.3, 0.4) is 0 Å². The van der Waals surface area contributed by atoms with Gasteiger partial charge in [0.2, 0.25) is 10.0 Å². The van der Waals surface area contributed by atoms with Crippen LogP contribution in [0.2, 0.25) is 0 Å². The Balaban J connectivity index is 1.82. The van der Waals surface area contributed by atoms with E-state index in [1.807, 2.05) is 0 Å². The van der Waals surface area contributed by atoms with Crippen LogP contribution in [0, 0.1) is 5.92 Å². The first-order valence-electron chi connectivity index (χ1n) is 9.29. The third kappa shape index (κ3) is 6.42. The predicted octanol–water partition coefficient (Wildman–Crippen LogP) is 1.65. The maximum absolute atomic E-state index is 12.2. The van der Waals surface area contributed by atoms with Crippen molar-refractivity contribution in [1.82, 2.24) is 9.62 Å². The largest absolute Gasteiger partial charge is 0.467 e. The first kappa shape index (κ1) is 21.0. The van der Waals surface area contributed by atoms with Crippen molar-refractivity contribution >= 4 is 22.1 Å². The molecule has 0 radical (unpaired) electrons. The van der Waals surface area contributed by atoms with Crippen molar-refractivity contribution in [3.63, 3.8) is 0 Å². The molecule has 0 unspecified atom stereocenters. The van der Waals surface area contributed by atoms with Gasteiger partial charge in [0.05, 0.1) is 13.4 Å². The fraction of sp³-hybridized carbons (Fsp3) is 0.882. The van der Waals surface area contributed by atoms with E-state index in [2.05, 4.69) is 5.32 Å². The van der Waals surface area contributed by atoms with E-state index in [-0.39, 0.29) is 6.10 Å². The molecule has 8 nitrogen and oxygen atoms in total. The van der Waals surface area contributed by atoms with Crippen LogP contribution >= 0.6 is 0 Å². The lowest BCUT2D eigenvalue weighted by atomic mass is 9.85. The van der Waals surface area contributed by atoms with E-state index in [1.165, 1.54) is 24.1 Å². The van der Waals surface area contributed by atoms with Gasteiger partial charge in [-0.15, -0.1) is 0 Å². The fourth-order valence-corrected chi connectivity index (χ4v) is 4.60. The van der Waals surface area contributed by atoms with E-state index in [1.54, 1.807) is 0 Å². The Labute approximate surface area is 155 Å². The average Bonchev–Trinajstić information content (AvgIpc) is 2.61. The number of sulfonamides is 1. The first-order valence-corrected chi connectivity index (χ1v) is 11.1. The van der Waals surface area contributed by atoms with E-state index in [9.17, 15) is 18.0 Å². The minimum Gasteiger partial charge on any atom is -0.467 e. The van der Waals surface area contributed by atoms with Crippen LogP contribution in [0.4, 0.5) is 4.79 Å². The third-order valence-corrected chi connectivity index (χ3v) is 6.52. The highest BCUT2D eigenvalue weighted by atomic mass is 32.2. The molecular formula is C17H30N2O6S. The molecule has 0 aromatic heterocycles. The number of carbonyl (C=O) groups excluding carboxylic acids is 2. The van der Waals surface area contributed by atoms with Crippen molar-refractivity contribution in [3.05, 3.63) is 0 Å². The molecule has 2 fully saturated rings. The van der Waals surface area contributed by atoms with E-state index in [0.717, 1.165) is 25.7 Å². The summed E-state index contributed by atoms with van der Waals surface area (Å²) in [6.07, 6.45) is 7.31. The van der Waals surface area contributed by atoms with Gasteiger partial charge in [-0.1, -0.05) is 32.1 Å². The molecule has 9 heteroatoms. The molecule has 1 saturated carbocycles. The number of alkyl carbamates (subject to hydrolysis) is 1. The summed E-state index contributed by atoms with van der Waals surface area (Å²) >= 11 is 0. The second-order valence-electron chi connectivity index (χ2n) is 7.23. The second-order valence-corrected chi connectivity index (χ2v) is 9.21. The zero-order valence-corrected chi connectivity index (χ0v) is 16.4. The highest BCUT2D eigenvalue weighted by Gasteiger charge is 2.30. The summed E-state index contributed by atoms with van der Waals surface area (Å²) in [7, 11) is -1.90. The van der Waals surface area contributed by atoms with Crippen LogP contribution in [0.25, 0.3) is 0 Å². The highest BCUT2D eigenvalue weighted by molar-refractivity contribution is 7.88. The first-order chi connectivity index (χ1) is 12.3. The van der Waals surface area contributed by atoms with Crippen molar-refractivity contribution in [1.29, 1.82) is 0 Å². The molecule has 1 heterocycles. The number of nitrogens with zero attached hydrogens (tertiary/aromatic N) is 1. The summed E-state index contributed by atoms with van der Waals surface area (Å²) in [6, 6.07) is -0.702. The van der Waals surface area contributed by atoms with Gasteiger partial charge in [-0.05, 0) is 25.2 Å². The summed E-state index contributed by atoms with van der Waals surface area (Å²) < 4.78 is 34.6. The van der Waals surface area contributed by atoms with E-state index in [0.29, 0.717) is 38.3 Å². The van der Waals surface area contributed by atoms with E-state index >= 15 is 0 Å². The van der Waals surface area contributed by atoms with E-state index in [4.69, 9.17) is 9.47 Å². The molecular weight excluding hydrogens is 360 g/mol. The zero-order chi connectivity index (χ0) is 19.2. The number of methoxy groups -OCH3 is 1. The molecule has 0 spiro atoms. The van der Waals surface area contributed by atoms with Crippen molar-refractivity contribution < 1.29 is 27.5 Å². The molecule has 1 amide bonds. The van der Waals surface area contributed by atoms with Gasteiger partial charge in [0.25, 0.3) is 0 Å². The number of amides is 1. The summed E-state index contributed by atoms with van der Waals surface area (Å²) in [5.41, 5.74) is 0. The van der Waals surface area contributed by atoms with Gasteiger partial charge >= 0.3 is 12.1 Å². The quantitative estimate of drug-likeness (QED) is 0.692. The normalized spacial score (nSPS) is 21.8. The van der Waals surface area contributed by atoms with Crippen molar-refractivity contribution in [3.8, 4) is 0 Å². The molecule has 0 aromatic rings. The lowest BCUT2D eigenvalue weighted by molar-refractivity contribution is -0.143. The van der Waals surface area contributed by atoms with Crippen LogP contribution in [-0.4, -0.2) is 63.4 Å². The van der Waals surface area contributed by atoms with Gasteiger partial charge in [-0.2, -0.15) is 0 Å². The smallest absolute Gasteiger partial charge is 0.408 e. The molecule has 1 aliphatic heterocycles. The Kier molecular flexibility index (Phi) is 7.69. The molecule has 2 rings (SSSR count). The minimum absolute atomic E-state index is 0.333. The van der Waals surface area contributed by atoms with E-state index < -0.39 is 28.1 Å².